The van der Waals surface area contributed by atoms with Crippen LogP contribution in [0, 0.1) is 10.1 Å². The zero-order chi connectivity index (χ0) is 20.3. The van der Waals surface area contributed by atoms with Crippen LogP contribution < -0.4 is 15.2 Å². The normalized spacial score (nSPS) is 14.9. The standard InChI is InChI=1S/C19H14ClN3O5/c1-2-8-28-17-15(20)10-12(11-16(17)23(26)27)9-14-18(24)21-22(19(14)25)13-6-4-3-5-7-13/h2-7,9-11H,1,8H2,(H,21,24)/b14-9-. The monoisotopic (exact) mass is 399 g/mol. The van der Waals surface area contributed by atoms with Crippen molar-refractivity contribution in [3.05, 3.63) is 81.4 Å². The molecule has 0 spiro atoms. The lowest BCUT2D eigenvalue weighted by atomic mass is 10.1. The third kappa shape index (κ3) is 3.72. The number of halogens is 1. The number of ether oxygens (including phenoxy) is 1. The van der Waals surface area contributed by atoms with Gasteiger partial charge >= 0.3 is 5.69 Å². The first-order valence-electron chi connectivity index (χ1n) is 8.06. The predicted octanol–water partition coefficient (Wildman–Crippen LogP) is 3.27. The zero-order valence-corrected chi connectivity index (χ0v) is 15.2. The van der Waals surface area contributed by atoms with Crippen LogP contribution in [-0.2, 0) is 9.59 Å². The Hall–Kier alpha value is -3.65. The van der Waals surface area contributed by atoms with Crippen molar-refractivity contribution in [3.8, 4) is 5.75 Å². The molecule has 2 aromatic rings. The molecule has 28 heavy (non-hydrogen) atoms. The summed E-state index contributed by atoms with van der Waals surface area (Å²) in [4.78, 5) is 35.5. The van der Waals surface area contributed by atoms with Crippen LogP contribution in [0.1, 0.15) is 5.56 Å². The third-order valence-electron chi connectivity index (χ3n) is 3.81. The summed E-state index contributed by atoms with van der Waals surface area (Å²) in [7, 11) is 0. The van der Waals surface area contributed by atoms with E-state index in [0.717, 1.165) is 5.01 Å². The fourth-order valence-electron chi connectivity index (χ4n) is 2.59. The lowest BCUT2D eigenvalue weighted by Gasteiger charge is -2.13. The van der Waals surface area contributed by atoms with Gasteiger partial charge < -0.3 is 4.74 Å². The molecule has 1 N–H and O–H groups in total. The smallest absolute Gasteiger partial charge is 0.313 e. The highest BCUT2D eigenvalue weighted by atomic mass is 35.5. The van der Waals surface area contributed by atoms with Crippen LogP contribution in [0.5, 0.6) is 5.75 Å². The van der Waals surface area contributed by atoms with Crippen molar-refractivity contribution < 1.29 is 19.2 Å². The van der Waals surface area contributed by atoms with Gasteiger partial charge in [0.05, 0.1) is 15.6 Å². The Kier molecular flexibility index (Phi) is 5.42. The molecule has 1 aliphatic rings. The van der Waals surface area contributed by atoms with Crippen molar-refractivity contribution in [2.45, 2.75) is 0 Å². The maximum absolute atomic E-state index is 12.6. The maximum atomic E-state index is 12.6. The molecule has 2 aromatic carbocycles. The summed E-state index contributed by atoms with van der Waals surface area (Å²) >= 11 is 6.11. The maximum Gasteiger partial charge on any atom is 0.313 e. The summed E-state index contributed by atoms with van der Waals surface area (Å²) in [6.45, 7) is 3.52. The number of benzene rings is 2. The molecule has 1 fully saturated rings. The van der Waals surface area contributed by atoms with E-state index in [1.54, 1.807) is 30.3 Å². The predicted molar refractivity (Wildman–Crippen MR) is 104 cm³/mol. The minimum Gasteiger partial charge on any atom is -0.482 e. The number of carbonyl (C=O) groups is 2. The summed E-state index contributed by atoms with van der Waals surface area (Å²) in [5.41, 5.74) is 2.61. The third-order valence-corrected chi connectivity index (χ3v) is 4.09. The molecular formula is C19H14ClN3O5. The molecule has 0 unspecified atom stereocenters. The van der Waals surface area contributed by atoms with Gasteiger partial charge in [0.1, 0.15) is 12.2 Å². The van der Waals surface area contributed by atoms with Gasteiger partial charge in [0.15, 0.2) is 0 Å². The molecule has 0 aliphatic carbocycles. The zero-order valence-electron chi connectivity index (χ0n) is 14.4. The Morgan fingerprint density at radius 3 is 2.61 bits per heavy atom. The number of hydrogen-bond donors (Lipinski definition) is 1. The molecule has 1 aliphatic heterocycles. The molecule has 1 heterocycles. The number of nitro groups is 1. The quantitative estimate of drug-likeness (QED) is 0.264. The SMILES string of the molecule is C=CCOc1c(Cl)cc(/C=C2/C(=O)NN(c3ccccc3)C2=O)cc1[N+](=O)[O-]. The first kappa shape index (κ1) is 19.1. The number of anilines is 1. The van der Waals surface area contributed by atoms with Crippen LogP contribution in [0.15, 0.2) is 60.7 Å². The lowest BCUT2D eigenvalue weighted by molar-refractivity contribution is -0.385. The minimum absolute atomic E-state index is 0.0198. The van der Waals surface area contributed by atoms with E-state index in [-0.39, 0.29) is 34.2 Å². The van der Waals surface area contributed by atoms with Crippen LogP contribution in [-0.4, -0.2) is 23.3 Å². The molecule has 9 heteroatoms. The molecule has 3 rings (SSSR count). The molecule has 8 nitrogen and oxygen atoms in total. The summed E-state index contributed by atoms with van der Waals surface area (Å²) in [6.07, 6.45) is 2.67. The van der Waals surface area contributed by atoms with E-state index >= 15 is 0 Å². The second-order valence-electron chi connectivity index (χ2n) is 5.68. The van der Waals surface area contributed by atoms with E-state index < -0.39 is 16.7 Å². The Bertz CT molecular complexity index is 1000. The van der Waals surface area contributed by atoms with Crippen molar-refractivity contribution in [2.24, 2.45) is 0 Å². The second-order valence-corrected chi connectivity index (χ2v) is 6.09. The second kappa shape index (κ2) is 7.93. The number of carbonyl (C=O) groups excluding carboxylic acids is 2. The summed E-state index contributed by atoms with van der Waals surface area (Å²) in [5, 5.41) is 12.4. The number of hydrogen-bond acceptors (Lipinski definition) is 5. The number of amides is 2. The highest BCUT2D eigenvalue weighted by molar-refractivity contribution is 6.33. The summed E-state index contributed by atoms with van der Waals surface area (Å²) in [5.74, 6) is -1.32. The first-order chi connectivity index (χ1) is 13.4. The molecule has 0 radical (unpaired) electrons. The van der Waals surface area contributed by atoms with Crippen molar-refractivity contribution in [3.63, 3.8) is 0 Å². The number of nitrogens with zero attached hydrogens (tertiary/aromatic N) is 2. The molecule has 0 aromatic heterocycles. The van der Waals surface area contributed by atoms with E-state index in [9.17, 15) is 19.7 Å². The Balaban J connectivity index is 1.99. The molecule has 0 bridgehead atoms. The number of para-hydroxylation sites is 1. The van der Waals surface area contributed by atoms with E-state index in [1.165, 1.54) is 24.3 Å². The Morgan fingerprint density at radius 1 is 1.25 bits per heavy atom. The number of nitro benzene ring substituents is 1. The summed E-state index contributed by atoms with van der Waals surface area (Å²) in [6, 6.07) is 11.1. The van der Waals surface area contributed by atoms with Crippen molar-refractivity contribution in [1.29, 1.82) is 0 Å². The van der Waals surface area contributed by atoms with E-state index in [1.807, 2.05) is 0 Å². The van der Waals surface area contributed by atoms with Crippen molar-refractivity contribution in [1.82, 2.24) is 5.43 Å². The molecule has 0 saturated carbocycles. The van der Waals surface area contributed by atoms with Crippen LogP contribution in [0.4, 0.5) is 11.4 Å². The Morgan fingerprint density at radius 2 is 1.96 bits per heavy atom. The number of nitrogens with one attached hydrogen (secondary N) is 1. The molecule has 142 valence electrons. The van der Waals surface area contributed by atoms with Gasteiger partial charge in [0.25, 0.3) is 11.8 Å². The molecule has 1 saturated heterocycles. The van der Waals surface area contributed by atoms with Gasteiger partial charge in [-0.15, -0.1) is 0 Å². The molecular weight excluding hydrogens is 386 g/mol. The van der Waals surface area contributed by atoms with Crippen molar-refractivity contribution in [2.75, 3.05) is 11.6 Å². The van der Waals surface area contributed by atoms with Crippen LogP contribution >= 0.6 is 11.6 Å². The fourth-order valence-corrected chi connectivity index (χ4v) is 2.86. The largest absolute Gasteiger partial charge is 0.482 e. The Labute approximate surface area is 164 Å². The van der Waals surface area contributed by atoms with E-state index in [2.05, 4.69) is 12.0 Å². The van der Waals surface area contributed by atoms with Crippen LogP contribution in [0.25, 0.3) is 6.08 Å². The molecule has 2 amide bonds. The highest BCUT2D eigenvalue weighted by Gasteiger charge is 2.34. The molecule has 0 atom stereocenters. The average molecular weight is 400 g/mol. The van der Waals surface area contributed by atoms with Crippen LogP contribution in [0.2, 0.25) is 5.02 Å². The van der Waals surface area contributed by atoms with E-state index in [4.69, 9.17) is 16.3 Å². The first-order valence-corrected chi connectivity index (χ1v) is 8.44. The van der Waals surface area contributed by atoms with Gasteiger partial charge in [0, 0.05) is 6.07 Å². The van der Waals surface area contributed by atoms with Crippen molar-refractivity contribution >= 4 is 40.9 Å². The van der Waals surface area contributed by atoms with Gasteiger partial charge in [-0.1, -0.05) is 42.5 Å². The highest BCUT2D eigenvalue weighted by Crippen LogP contribution is 2.37. The van der Waals surface area contributed by atoms with Crippen LogP contribution in [0.3, 0.4) is 0 Å². The van der Waals surface area contributed by atoms with Gasteiger partial charge in [-0.2, -0.15) is 0 Å². The summed E-state index contributed by atoms with van der Waals surface area (Å²) < 4.78 is 5.25. The van der Waals surface area contributed by atoms with Gasteiger partial charge in [-0.3, -0.25) is 25.1 Å². The topological polar surface area (TPSA) is 102 Å². The number of rotatable bonds is 6. The van der Waals surface area contributed by atoms with Gasteiger partial charge in [-0.25, -0.2) is 5.01 Å². The van der Waals surface area contributed by atoms with Gasteiger partial charge in [0.2, 0.25) is 5.75 Å². The number of hydrazine groups is 1. The fraction of sp³-hybridized carbons (Fsp3) is 0.0526. The lowest BCUT2D eigenvalue weighted by Crippen LogP contribution is -2.35. The van der Waals surface area contributed by atoms with Gasteiger partial charge in [-0.05, 0) is 29.8 Å². The van der Waals surface area contributed by atoms with E-state index in [0.29, 0.717) is 5.69 Å². The minimum atomic E-state index is -0.654. The average Bonchev–Trinajstić information content (AvgIpc) is 2.95.